The number of nitrogens with one attached hydrogen (secondary N) is 1. The van der Waals surface area contributed by atoms with E-state index in [-0.39, 0.29) is 5.91 Å². The summed E-state index contributed by atoms with van der Waals surface area (Å²) in [5, 5.41) is 2.60. The Morgan fingerprint density at radius 1 is 1.35 bits per heavy atom. The number of ether oxygens (including phenoxy) is 1. The van der Waals surface area contributed by atoms with E-state index < -0.39 is 0 Å². The Labute approximate surface area is 128 Å². The van der Waals surface area contributed by atoms with Crippen LogP contribution in [0.1, 0.15) is 25.8 Å². The van der Waals surface area contributed by atoms with Gasteiger partial charge in [0.25, 0.3) is 5.91 Å². The van der Waals surface area contributed by atoms with Crippen molar-refractivity contribution in [3.8, 4) is 5.75 Å². The molecule has 106 valence electrons. The van der Waals surface area contributed by atoms with Crippen LogP contribution in [0.5, 0.6) is 5.75 Å². The van der Waals surface area contributed by atoms with Gasteiger partial charge in [-0.2, -0.15) is 0 Å². The molecule has 0 unspecified atom stereocenters. The molecule has 1 saturated heterocycles. The number of carbonyl (C=O) groups excluding carboxylic acids is 1. The van der Waals surface area contributed by atoms with Crippen LogP contribution in [-0.4, -0.2) is 16.8 Å². The van der Waals surface area contributed by atoms with Gasteiger partial charge in [-0.25, -0.2) is 0 Å². The first kappa shape index (κ1) is 15.1. The summed E-state index contributed by atoms with van der Waals surface area (Å²) in [7, 11) is 0. The van der Waals surface area contributed by atoms with E-state index >= 15 is 0 Å². The lowest BCUT2D eigenvalue weighted by molar-refractivity contribution is -0.115. The molecule has 1 aliphatic rings. The summed E-state index contributed by atoms with van der Waals surface area (Å²) < 4.78 is 6.16. The molecule has 1 heterocycles. The molecule has 1 N–H and O–H groups in total. The molecular weight excluding hydrogens is 290 g/mol. The molecule has 1 amide bonds. The summed E-state index contributed by atoms with van der Waals surface area (Å²) in [6.07, 6.45) is 2.87. The Morgan fingerprint density at radius 3 is 2.60 bits per heavy atom. The molecule has 2 rings (SSSR count). The smallest absolute Gasteiger partial charge is 0.263 e. The molecule has 1 aromatic rings. The molecule has 1 fully saturated rings. The van der Waals surface area contributed by atoms with Crippen LogP contribution in [0.25, 0.3) is 6.08 Å². The molecule has 1 aromatic carbocycles. The predicted octanol–water partition coefficient (Wildman–Crippen LogP) is 3.60. The highest BCUT2D eigenvalue weighted by Crippen LogP contribution is 2.26. The molecule has 0 radical (unpaired) electrons. The number of amides is 1. The molecule has 0 bridgehead atoms. The van der Waals surface area contributed by atoms with Gasteiger partial charge < -0.3 is 10.1 Å². The highest BCUT2D eigenvalue weighted by Gasteiger charge is 2.21. The van der Waals surface area contributed by atoms with Crippen molar-refractivity contribution in [1.82, 2.24) is 5.32 Å². The number of thiocarbonyl (C=S) groups is 1. The van der Waals surface area contributed by atoms with E-state index in [1.165, 1.54) is 11.8 Å². The third-order valence-corrected chi connectivity index (χ3v) is 3.95. The summed E-state index contributed by atoms with van der Waals surface area (Å²) in [6.45, 7) is 5.07. The van der Waals surface area contributed by atoms with E-state index in [0.717, 1.165) is 24.3 Å². The van der Waals surface area contributed by atoms with Gasteiger partial charge >= 0.3 is 0 Å². The quantitative estimate of drug-likeness (QED) is 0.666. The van der Waals surface area contributed by atoms with Gasteiger partial charge in [0, 0.05) is 0 Å². The third kappa shape index (κ3) is 4.35. The Hall–Kier alpha value is -1.33. The lowest BCUT2D eigenvalue weighted by Gasteiger charge is -2.08. The minimum absolute atomic E-state index is 0.128. The molecule has 3 nitrogen and oxygen atoms in total. The molecule has 0 aromatic heterocycles. The fraction of sp³-hybridized carbons (Fsp3) is 0.333. The highest BCUT2D eigenvalue weighted by molar-refractivity contribution is 8.26. The SMILES string of the molecule is CC(C)CCOc1ccc(/C=C2\SC(=S)NC2=O)cc1. The first-order valence-electron chi connectivity index (χ1n) is 6.52. The van der Waals surface area contributed by atoms with E-state index in [1.807, 2.05) is 30.3 Å². The molecule has 0 aliphatic carbocycles. The maximum atomic E-state index is 11.5. The van der Waals surface area contributed by atoms with Crippen molar-refractivity contribution in [3.05, 3.63) is 34.7 Å². The minimum atomic E-state index is -0.128. The van der Waals surface area contributed by atoms with Gasteiger partial charge in [-0.15, -0.1) is 0 Å². The Kier molecular flexibility index (Phi) is 5.20. The lowest BCUT2D eigenvalue weighted by atomic mass is 10.1. The number of thioether (sulfide) groups is 1. The van der Waals surface area contributed by atoms with Crippen molar-refractivity contribution in [2.24, 2.45) is 5.92 Å². The Balaban J connectivity index is 1.96. The van der Waals surface area contributed by atoms with Crippen molar-refractivity contribution in [1.29, 1.82) is 0 Å². The monoisotopic (exact) mass is 307 g/mol. The number of hydrogen-bond acceptors (Lipinski definition) is 4. The third-order valence-electron chi connectivity index (χ3n) is 2.78. The van der Waals surface area contributed by atoms with E-state index in [1.54, 1.807) is 0 Å². The Morgan fingerprint density at radius 2 is 2.05 bits per heavy atom. The Bertz CT molecular complexity index is 535. The first-order chi connectivity index (χ1) is 9.54. The fourth-order valence-electron chi connectivity index (χ4n) is 1.65. The normalized spacial score (nSPS) is 16.9. The molecule has 0 saturated carbocycles. The van der Waals surface area contributed by atoms with Crippen LogP contribution in [0.2, 0.25) is 0 Å². The first-order valence-corrected chi connectivity index (χ1v) is 7.75. The van der Waals surface area contributed by atoms with Crippen molar-refractivity contribution in [3.63, 3.8) is 0 Å². The van der Waals surface area contributed by atoms with Crippen LogP contribution in [0.15, 0.2) is 29.2 Å². The van der Waals surface area contributed by atoms with Gasteiger partial charge in [-0.3, -0.25) is 4.79 Å². The molecular formula is C15H17NO2S2. The average Bonchev–Trinajstić information content (AvgIpc) is 2.69. The number of rotatable bonds is 5. The lowest BCUT2D eigenvalue weighted by Crippen LogP contribution is -2.17. The average molecular weight is 307 g/mol. The molecule has 0 atom stereocenters. The van der Waals surface area contributed by atoms with Gasteiger partial charge in [0.2, 0.25) is 0 Å². The van der Waals surface area contributed by atoms with Crippen LogP contribution in [0.4, 0.5) is 0 Å². The summed E-state index contributed by atoms with van der Waals surface area (Å²) in [5.41, 5.74) is 0.962. The van der Waals surface area contributed by atoms with Gasteiger partial charge in [0.05, 0.1) is 11.5 Å². The topological polar surface area (TPSA) is 38.3 Å². The molecule has 0 spiro atoms. The minimum Gasteiger partial charge on any atom is -0.494 e. The van der Waals surface area contributed by atoms with Gasteiger partial charge in [0.1, 0.15) is 10.1 Å². The zero-order valence-electron chi connectivity index (χ0n) is 11.5. The summed E-state index contributed by atoms with van der Waals surface area (Å²) >= 11 is 6.24. The van der Waals surface area contributed by atoms with E-state index in [4.69, 9.17) is 17.0 Å². The standard InChI is InChI=1S/C15H17NO2S2/c1-10(2)7-8-18-12-5-3-11(4-6-12)9-13-14(17)16-15(19)20-13/h3-6,9-10H,7-8H2,1-2H3,(H,16,17,19)/b13-9-. The number of benzene rings is 1. The van der Waals surface area contributed by atoms with Crippen LogP contribution in [0.3, 0.4) is 0 Å². The van der Waals surface area contributed by atoms with Crippen LogP contribution >= 0.6 is 24.0 Å². The second-order valence-electron chi connectivity index (χ2n) is 4.95. The van der Waals surface area contributed by atoms with E-state index in [9.17, 15) is 4.79 Å². The van der Waals surface area contributed by atoms with Crippen LogP contribution in [0, 0.1) is 5.92 Å². The predicted molar refractivity (Wildman–Crippen MR) is 87.7 cm³/mol. The maximum absolute atomic E-state index is 11.5. The van der Waals surface area contributed by atoms with Gasteiger partial charge in [-0.05, 0) is 36.1 Å². The van der Waals surface area contributed by atoms with Crippen molar-refractivity contribution >= 4 is 40.3 Å². The van der Waals surface area contributed by atoms with Crippen molar-refractivity contribution in [2.75, 3.05) is 6.61 Å². The zero-order chi connectivity index (χ0) is 14.5. The highest BCUT2D eigenvalue weighted by atomic mass is 32.2. The number of hydrogen-bond donors (Lipinski definition) is 1. The summed E-state index contributed by atoms with van der Waals surface area (Å²) in [5.74, 6) is 1.37. The second kappa shape index (κ2) is 6.90. The van der Waals surface area contributed by atoms with E-state index in [0.29, 0.717) is 15.1 Å². The fourth-order valence-corrected chi connectivity index (χ4v) is 2.69. The van der Waals surface area contributed by atoms with Gasteiger partial charge in [0.15, 0.2) is 0 Å². The van der Waals surface area contributed by atoms with Crippen molar-refractivity contribution in [2.45, 2.75) is 20.3 Å². The van der Waals surface area contributed by atoms with Crippen LogP contribution in [-0.2, 0) is 4.79 Å². The molecule has 20 heavy (non-hydrogen) atoms. The summed E-state index contributed by atoms with van der Waals surface area (Å²) in [4.78, 5) is 12.2. The van der Waals surface area contributed by atoms with E-state index in [2.05, 4.69) is 19.2 Å². The number of carbonyl (C=O) groups is 1. The summed E-state index contributed by atoms with van der Waals surface area (Å²) in [6, 6.07) is 7.71. The van der Waals surface area contributed by atoms with Gasteiger partial charge in [-0.1, -0.05) is 50.0 Å². The van der Waals surface area contributed by atoms with Crippen LogP contribution < -0.4 is 10.1 Å². The molecule has 1 aliphatic heterocycles. The second-order valence-corrected chi connectivity index (χ2v) is 6.67. The molecule has 5 heteroatoms. The maximum Gasteiger partial charge on any atom is 0.263 e. The largest absolute Gasteiger partial charge is 0.494 e. The zero-order valence-corrected chi connectivity index (χ0v) is 13.1. The van der Waals surface area contributed by atoms with Crippen molar-refractivity contribution < 1.29 is 9.53 Å².